The molecule has 1 unspecified atom stereocenters. The molecule has 7 nitrogen and oxygen atoms in total. The van der Waals surface area contributed by atoms with E-state index in [4.69, 9.17) is 0 Å². The largest absolute Gasteiger partial charge is 0.387 e. The van der Waals surface area contributed by atoms with Crippen LogP contribution in [0.3, 0.4) is 0 Å². The summed E-state index contributed by atoms with van der Waals surface area (Å²) in [6, 6.07) is 3.46. The van der Waals surface area contributed by atoms with Gasteiger partial charge in [-0.3, -0.25) is 10.1 Å². The molecular formula is C12H19N3O4S2. The third-order valence-electron chi connectivity index (χ3n) is 2.66. The van der Waals surface area contributed by atoms with E-state index in [0.29, 0.717) is 11.4 Å². The molecule has 2 N–H and O–H groups in total. The highest BCUT2D eigenvalue weighted by molar-refractivity contribution is 7.99. The fourth-order valence-electron chi connectivity index (χ4n) is 1.71. The van der Waals surface area contributed by atoms with Crippen molar-refractivity contribution in [3.8, 4) is 0 Å². The number of nitro groups is 1. The maximum atomic E-state index is 12.4. The van der Waals surface area contributed by atoms with Crippen LogP contribution in [0.1, 0.15) is 13.8 Å². The van der Waals surface area contributed by atoms with Gasteiger partial charge in [-0.15, -0.1) is 0 Å². The molecule has 0 saturated heterocycles. The van der Waals surface area contributed by atoms with E-state index >= 15 is 0 Å². The Hall–Kier alpha value is -1.32. The molecule has 21 heavy (non-hydrogen) atoms. The fraction of sp³-hybridized carbons (Fsp3) is 0.500. The van der Waals surface area contributed by atoms with E-state index in [9.17, 15) is 18.5 Å². The quantitative estimate of drug-likeness (QED) is 0.558. The number of hydrogen-bond acceptors (Lipinski definition) is 6. The number of sulfonamides is 1. The summed E-state index contributed by atoms with van der Waals surface area (Å²) in [6.45, 7) is 3.75. The van der Waals surface area contributed by atoms with Crippen LogP contribution in [0.4, 0.5) is 11.4 Å². The summed E-state index contributed by atoms with van der Waals surface area (Å²) >= 11 is 1.62. The Morgan fingerprint density at radius 3 is 2.62 bits per heavy atom. The molecule has 0 saturated carbocycles. The van der Waals surface area contributed by atoms with Crippen LogP contribution in [-0.4, -0.2) is 37.9 Å². The second-order valence-corrected chi connectivity index (χ2v) is 7.37. The van der Waals surface area contributed by atoms with E-state index in [2.05, 4.69) is 10.0 Å². The van der Waals surface area contributed by atoms with E-state index < -0.39 is 14.9 Å². The monoisotopic (exact) mass is 333 g/mol. The first kappa shape index (κ1) is 17.7. The van der Waals surface area contributed by atoms with E-state index in [1.807, 2.05) is 6.92 Å². The average molecular weight is 333 g/mol. The van der Waals surface area contributed by atoms with Gasteiger partial charge < -0.3 is 5.32 Å². The molecule has 1 aromatic rings. The summed E-state index contributed by atoms with van der Waals surface area (Å²) in [4.78, 5) is 10.1. The number of thioether (sulfide) groups is 1. The van der Waals surface area contributed by atoms with Gasteiger partial charge in [0.25, 0.3) is 5.69 Å². The lowest BCUT2D eigenvalue weighted by Gasteiger charge is -2.15. The van der Waals surface area contributed by atoms with Crippen molar-refractivity contribution < 1.29 is 13.3 Å². The molecule has 118 valence electrons. The molecule has 0 aliphatic carbocycles. The predicted molar refractivity (Wildman–Crippen MR) is 85.4 cm³/mol. The summed E-state index contributed by atoms with van der Waals surface area (Å²) in [7, 11) is -2.25. The first-order valence-electron chi connectivity index (χ1n) is 6.38. The number of hydrogen-bond donors (Lipinski definition) is 2. The van der Waals surface area contributed by atoms with Crippen molar-refractivity contribution in [3.63, 3.8) is 0 Å². The number of nitro benzene ring substituents is 1. The molecular weight excluding hydrogens is 314 g/mol. The summed E-state index contributed by atoms with van der Waals surface area (Å²) in [5.74, 6) is 1.53. The Balaban J connectivity index is 3.11. The zero-order chi connectivity index (χ0) is 16.0. The Morgan fingerprint density at radius 2 is 2.10 bits per heavy atom. The smallest absolute Gasteiger partial charge is 0.270 e. The van der Waals surface area contributed by atoms with Crippen molar-refractivity contribution in [2.45, 2.75) is 24.8 Å². The number of rotatable bonds is 8. The minimum atomic E-state index is -3.82. The van der Waals surface area contributed by atoms with Gasteiger partial charge in [-0.25, -0.2) is 13.1 Å². The molecule has 0 aromatic heterocycles. The Labute approximate surface area is 128 Å². The maximum absolute atomic E-state index is 12.4. The lowest BCUT2D eigenvalue weighted by atomic mass is 10.3. The summed E-state index contributed by atoms with van der Waals surface area (Å²) in [5.41, 5.74) is 0.0633. The number of nitrogens with one attached hydrogen (secondary N) is 2. The van der Waals surface area contributed by atoms with Crippen LogP contribution in [0.25, 0.3) is 0 Å². The average Bonchev–Trinajstić information content (AvgIpc) is 2.43. The number of nitrogens with zero attached hydrogens (tertiary/aromatic N) is 1. The molecule has 1 rings (SSSR count). The SMILES string of the molecule is CCSCC(C)NS(=O)(=O)c1cc([N+](=O)[O-])ccc1NC. The van der Waals surface area contributed by atoms with Crippen molar-refractivity contribution >= 4 is 33.2 Å². The van der Waals surface area contributed by atoms with E-state index in [1.165, 1.54) is 12.1 Å². The van der Waals surface area contributed by atoms with Crippen LogP contribution in [0.5, 0.6) is 0 Å². The van der Waals surface area contributed by atoms with Gasteiger partial charge >= 0.3 is 0 Å². The standard InChI is InChI=1S/C12H19N3O4S2/c1-4-20-8-9(2)14-21(18,19)12-7-10(15(16)17)5-6-11(12)13-3/h5-7,9,13-14H,4,8H2,1-3H3. The van der Waals surface area contributed by atoms with Crippen molar-refractivity contribution in [2.75, 3.05) is 23.9 Å². The van der Waals surface area contributed by atoms with Crippen LogP contribution in [0, 0.1) is 10.1 Å². The van der Waals surface area contributed by atoms with Crippen molar-refractivity contribution in [1.29, 1.82) is 0 Å². The van der Waals surface area contributed by atoms with Crippen molar-refractivity contribution in [1.82, 2.24) is 4.72 Å². The fourth-order valence-corrected chi connectivity index (χ4v) is 3.96. The van der Waals surface area contributed by atoms with Gasteiger partial charge in [0.2, 0.25) is 10.0 Å². The molecule has 0 bridgehead atoms. The Kier molecular flexibility index (Phi) is 6.43. The molecule has 1 atom stereocenters. The first-order valence-corrected chi connectivity index (χ1v) is 9.01. The van der Waals surface area contributed by atoms with E-state index in [0.717, 1.165) is 11.8 Å². The lowest BCUT2D eigenvalue weighted by molar-refractivity contribution is -0.385. The van der Waals surface area contributed by atoms with Crippen LogP contribution < -0.4 is 10.0 Å². The van der Waals surface area contributed by atoms with Crippen molar-refractivity contribution in [2.24, 2.45) is 0 Å². The second-order valence-electron chi connectivity index (χ2n) is 4.37. The highest BCUT2D eigenvalue weighted by Crippen LogP contribution is 2.26. The van der Waals surface area contributed by atoms with Gasteiger partial charge in [0, 0.05) is 31.0 Å². The Morgan fingerprint density at radius 1 is 1.43 bits per heavy atom. The van der Waals surface area contributed by atoms with E-state index in [1.54, 1.807) is 25.7 Å². The minimum absolute atomic E-state index is 0.118. The molecule has 0 spiro atoms. The molecule has 0 aliphatic rings. The molecule has 0 amide bonds. The lowest BCUT2D eigenvalue weighted by Crippen LogP contribution is -2.34. The molecule has 0 fully saturated rings. The van der Waals surface area contributed by atoms with Crippen LogP contribution in [-0.2, 0) is 10.0 Å². The topological polar surface area (TPSA) is 101 Å². The maximum Gasteiger partial charge on any atom is 0.270 e. The minimum Gasteiger partial charge on any atom is -0.387 e. The second kappa shape index (κ2) is 7.62. The molecule has 9 heteroatoms. The van der Waals surface area contributed by atoms with Gasteiger partial charge in [-0.2, -0.15) is 11.8 Å². The number of non-ortho nitro benzene ring substituents is 1. The van der Waals surface area contributed by atoms with Crippen LogP contribution in [0.15, 0.2) is 23.1 Å². The number of benzene rings is 1. The summed E-state index contributed by atoms with van der Waals surface area (Å²) < 4.78 is 27.3. The van der Waals surface area contributed by atoms with Crippen LogP contribution in [0.2, 0.25) is 0 Å². The highest BCUT2D eigenvalue weighted by atomic mass is 32.2. The third kappa shape index (κ3) is 4.87. The Bertz CT molecular complexity index is 605. The van der Waals surface area contributed by atoms with Gasteiger partial charge in [-0.05, 0) is 18.7 Å². The summed E-state index contributed by atoms with van der Waals surface area (Å²) in [5, 5.41) is 13.5. The molecule has 0 heterocycles. The van der Waals surface area contributed by atoms with E-state index in [-0.39, 0.29) is 16.6 Å². The van der Waals surface area contributed by atoms with Crippen molar-refractivity contribution in [3.05, 3.63) is 28.3 Å². The van der Waals surface area contributed by atoms with Gasteiger partial charge in [-0.1, -0.05) is 6.92 Å². The molecule has 0 aliphatic heterocycles. The van der Waals surface area contributed by atoms with Gasteiger partial charge in [0.05, 0.1) is 10.6 Å². The zero-order valence-corrected chi connectivity index (χ0v) is 13.8. The normalized spacial score (nSPS) is 12.9. The first-order chi connectivity index (χ1) is 9.81. The predicted octanol–water partition coefficient (Wildman–Crippen LogP) is 2.06. The third-order valence-corrected chi connectivity index (χ3v) is 5.44. The zero-order valence-electron chi connectivity index (χ0n) is 12.1. The van der Waals surface area contributed by atoms with Gasteiger partial charge in [0.15, 0.2) is 0 Å². The summed E-state index contributed by atoms with van der Waals surface area (Å²) in [6.07, 6.45) is 0. The molecule has 1 aromatic carbocycles. The molecule has 0 radical (unpaired) electrons. The van der Waals surface area contributed by atoms with Crippen LogP contribution >= 0.6 is 11.8 Å². The van der Waals surface area contributed by atoms with Gasteiger partial charge in [0.1, 0.15) is 4.90 Å². The number of anilines is 1. The highest BCUT2D eigenvalue weighted by Gasteiger charge is 2.23.